The smallest absolute Gasteiger partial charge is 0.254 e. The van der Waals surface area contributed by atoms with Crippen molar-refractivity contribution in [1.82, 2.24) is 4.57 Å². The molecule has 1 aromatic heterocycles. The Kier molecular flexibility index (Phi) is 6.60. The summed E-state index contributed by atoms with van der Waals surface area (Å²) in [6, 6.07) is 8.27. The third kappa shape index (κ3) is 4.95. The molecular weight excluding hydrogens is 349 g/mol. The van der Waals surface area contributed by atoms with E-state index in [-0.39, 0.29) is 18.8 Å². The highest BCUT2D eigenvalue weighted by atomic mass is 35.5. The van der Waals surface area contributed by atoms with E-state index in [9.17, 15) is 4.79 Å². The van der Waals surface area contributed by atoms with Gasteiger partial charge in [-0.1, -0.05) is 35.0 Å². The summed E-state index contributed by atoms with van der Waals surface area (Å²) >= 11 is 11.8. The van der Waals surface area contributed by atoms with Gasteiger partial charge in [-0.05, 0) is 38.1 Å². The number of halogens is 2. The Morgan fingerprint density at radius 1 is 1.08 bits per heavy atom. The molecule has 0 spiro atoms. The average Bonchev–Trinajstić information content (AvgIpc) is 2.52. The van der Waals surface area contributed by atoms with Crippen molar-refractivity contribution in [3.63, 3.8) is 0 Å². The van der Waals surface area contributed by atoms with E-state index in [1.165, 1.54) is 6.07 Å². The van der Waals surface area contributed by atoms with Crippen LogP contribution in [-0.2, 0) is 6.54 Å². The maximum atomic E-state index is 11.8. The van der Waals surface area contributed by atoms with Crippen molar-refractivity contribution >= 4 is 23.2 Å². The van der Waals surface area contributed by atoms with Crippen LogP contribution in [0.25, 0.3) is 0 Å². The monoisotopic (exact) mass is 365 g/mol. The Labute approximate surface area is 150 Å². The first kappa shape index (κ1) is 18.3. The molecule has 0 radical (unpaired) electrons. The van der Waals surface area contributed by atoms with Crippen LogP contribution in [-0.4, -0.2) is 17.8 Å². The highest BCUT2D eigenvalue weighted by Gasteiger charge is 2.02. The first-order valence-corrected chi connectivity index (χ1v) is 8.14. The molecule has 0 amide bonds. The molecule has 126 valence electrons. The second kappa shape index (κ2) is 8.68. The Morgan fingerprint density at radius 2 is 1.79 bits per heavy atom. The van der Waals surface area contributed by atoms with Crippen molar-refractivity contribution in [1.29, 1.82) is 0 Å². The third-order valence-electron chi connectivity index (χ3n) is 3.25. The van der Waals surface area contributed by atoms with E-state index >= 15 is 0 Å². The van der Waals surface area contributed by atoms with Gasteiger partial charge in [0.1, 0.15) is 24.7 Å². The van der Waals surface area contributed by atoms with Gasteiger partial charge < -0.3 is 14.0 Å². The van der Waals surface area contributed by atoms with E-state index in [2.05, 4.69) is 11.8 Å². The summed E-state index contributed by atoms with van der Waals surface area (Å²) in [6.45, 7) is 4.78. The second-order valence-corrected chi connectivity index (χ2v) is 5.76. The maximum Gasteiger partial charge on any atom is 0.254 e. The van der Waals surface area contributed by atoms with Gasteiger partial charge in [0.15, 0.2) is 0 Å². The maximum absolute atomic E-state index is 11.8. The average molecular weight is 366 g/mol. The molecule has 0 bridgehead atoms. The molecule has 0 atom stereocenters. The minimum absolute atomic E-state index is 0.0822. The fraction of sp³-hybridized carbons (Fsp3) is 0.278. The molecule has 0 N–H and O–H groups in total. The molecule has 24 heavy (non-hydrogen) atoms. The predicted octanol–water partition coefficient (Wildman–Crippen LogP) is 3.94. The number of ether oxygens (including phenoxy) is 2. The quantitative estimate of drug-likeness (QED) is 0.753. The first-order valence-electron chi connectivity index (χ1n) is 7.39. The summed E-state index contributed by atoms with van der Waals surface area (Å²) in [4.78, 5) is 11.8. The Bertz CT molecular complexity index is 834. The number of rotatable bonds is 5. The fourth-order valence-electron chi connectivity index (χ4n) is 2.12. The number of hydrogen-bond donors (Lipinski definition) is 0. The molecule has 0 fully saturated rings. The number of pyridine rings is 1. The first-order chi connectivity index (χ1) is 11.5. The van der Waals surface area contributed by atoms with E-state index in [1.54, 1.807) is 22.8 Å². The summed E-state index contributed by atoms with van der Waals surface area (Å²) in [5, 5.41) is 0.986. The van der Waals surface area contributed by atoms with Crippen LogP contribution in [0.2, 0.25) is 10.0 Å². The zero-order valence-electron chi connectivity index (χ0n) is 13.4. The van der Waals surface area contributed by atoms with Crippen LogP contribution in [0.4, 0.5) is 0 Å². The lowest BCUT2D eigenvalue weighted by atomic mass is 10.3. The van der Waals surface area contributed by atoms with E-state index in [0.29, 0.717) is 28.1 Å². The van der Waals surface area contributed by atoms with Gasteiger partial charge >= 0.3 is 0 Å². The molecule has 0 unspecified atom stereocenters. The number of nitrogens with zero attached hydrogens (tertiary/aromatic N) is 1. The SMILES string of the molecule is CCn1c(C)cc(OCC#CCOc2ccc(Cl)cc2Cl)cc1=O. The lowest BCUT2D eigenvalue weighted by Gasteiger charge is -2.09. The third-order valence-corrected chi connectivity index (χ3v) is 3.79. The zero-order chi connectivity index (χ0) is 17.5. The van der Waals surface area contributed by atoms with Gasteiger partial charge in [0, 0.05) is 23.3 Å². The molecule has 0 aliphatic rings. The molecule has 4 nitrogen and oxygen atoms in total. The van der Waals surface area contributed by atoms with Crippen LogP contribution >= 0.6 is 23.2 Å². The summed E-state index contributed by atoms with van der Waals surface area (Å²) < 4.78 is 12.6. The molecule has 2 rings (SSSR count). The van der Waals surface area contributed by atoms with Gasteiger partial charge in [0.2, 0.25) is 0 Å². The van der Waals surface area contributed by atoms with Crippen molar-refractivity contribution in [2.45, 2.75) is 20.4 Å². The number of aryl methyl sites for hydroxylation is 1. The lowest BCUT2D eigenvalue weighted by Crippen LogP contribution is -2.20. The van der Waals surface area contributed by atoms with Crippen LogP contribution in [0.5, 0.6) is 11.5 Å². The highest BCUT2D eigenvalue weighted by Crippen LogP contribution is 2.27. The van der Waals surface area contributed by atoms with Gasteiger partial charge in [0.25, 0.3) is 5.56 Å². The van der Waals surface area contributed by atoms with Crippen LogP contribution in [0.3, 0.4) is 0 Å². The Hall–Kier alpha value is -2.09. The molecule has 0 aliphatic carbocycles. The highest BCUT2D eigenvalue weighted by molar-refractivity contribution is 6.35. The van der Waals surface area contributed by atoms with Gasteiger partial charge in [-0.2, -0.15) is 0 Å². The topological polar surface area (TPSA) is 40.5 Å². The second-order valence-electron chi connectivity index (χ2n) is 4.92. The van der Waals surface area contributed by atoms with E-state index < -0.39 is 0 Å². The van der Waals surface area contributed by atoms with Crippen molar-refractivity contribution in [3.8, 4) is 23.3 Å². The normalized spacial score (nSPS) is 10.0. The van der Waals surface area contributed by atoms with Crippen LogP contribution in [0.15, 0.2) is 35.1 Å². The Balaban J connectivity index is 1.85. The van der Waals surface area contributed by atoms with Gasteiger partial charge in [-0.25, -0.2) is 0 Å². The molecule has 0 saturated heterocycles. The standard InChI is InChI=1S/C18H17Cl2NO3/c1-3-21-13(2)10-15(12-18(21)22)23-8-4-5-9-24-17-7-6-14(19)11-16(17)20/h6-7,10-12H,3,8-9H2,1-2H3. The van der Waals surface area contributed by atoms with Gasteiger partial charge in [0.05, 0.1) is 5.02 Å². The molecule has 2 aromatic rings. The van der Waals surface area contributed by atoms with Crippen LogP contribution in [0.1, 0.15) is 12.6 Å². The molecule has 6 heteroatoms. The fourth-order valence-corrected chi connectivity index (χ4v) is 2.58. The lowest BCUT2D eigenvalue weighted by molar-refractivity contribution is 0.361. The Morgan fingerprint density at radius 3 is 2.42 bits per heavy atom. The summed E-state index contributed by atoms with van der Waals surface area (Å²) in [7, 11) is 0. The van der Waals surface area contributed by atoms with Crippen LogP contribution < -0.4 is 15.0 Å². The zero-order valence-corrected chi connectivity index (χ0v) is 14.9. The molecule has 0 aliphatic heterocycles. The minimum Gasteiger partial charge on any atom is -0.481 e. The molecule has 1 aromatic carbocycles. The molecular formula is C18H17Cl2NO3. The van der Waals surface area contributed by atoms with E-state index in [0.717, 1.165) is 5.69 Å². The number of benzene rings is 1. The van der Waals surface area contributed by atoms with Crippen molar-refractivity contribution in [2.75, 3.05) is 13.2 Å². The largest absolute Gasteiger partial charge is 0.481 e. The van der Waals surface area contributed by atoms with Crippen molar-refractivity contribution in [2.24, 2.45) is 0 Å². The number of hydrogen-bond acceptors (Lipinski definition) is 3. The van der Waals surface area contributed by atoms with Crippen molar-refractivity contribution < 1.29 is 9.47 Å². The summed E-state index contributed by atoms with van der Waals surface area (Å²) in [6.07, 6.45) is 0. The van der Waals surface area contributed by atoms with Gasteiger partial charge in [-0.3, -0.25) is 4.79 Å². The van der Waals surface area contributed by atoms with Crippen LogP contribution in [0, 0.1) is 18.8 Å². The number of aromatic nitrogens is 1. The summed E-state index contributed by atoms with van der Waals surface area (Å²) in [5.74, 6) is 6.69. The van der Waals surface area contributed by atoms with Gasteiger partial charge in [-0.15, -0.1) is 0 Å². The van der Waals surface area contributed by atoms with E-state index in [4.69, 9.17) is 32.7 Å². The molecule has 0 saturated carbocycles. The summed E-state index contributed by atoms with van der Waals surface area (Å²) in [5.41, 5.74) is 0.773. The van der Waals surface area contributed by atoms with Crippen molar-refractivity contribution in [3.05, 3.63) is 56.4 Å². The molecule has 1 heterocycles. The predicted molar refractivity (Wildman–Crippen MR) is 96.3 cm³/mol. The minimum atomic E-state index is -0.0822. The van der Waals surface area contributed by atoms with E-state index in [1.807, 2.05) is 19.9 Å².